The molecule has 2 N–H and O–H groups in total. The third-order valence-corrected chi connectivity index (χ3v) is 5.60. The molecule has 2 aliphatic heterocycles. The molecule has 20 heavy (non-hydrogen) atoms. The van der Waals surface area contributed by atoms with Crippen LogP contribution in [0.25, 0.3) is 0 Å². The topological polar surface area (TPSA) is 49.6 Å². The summed E-state index contributed by atoms with van der Waals surface area (Å²) in [5.74, 6) is 1.07. The van der Waals surface area contributed by atoms with E-state index < -0.39 is 0 Å². The largest absolute Gasteiger partial charge is 0.341 e. The van der Waals surface area contributed by atoms with Gasteiger partial charge in [-0.05, 0) is 51.0 Å². The van der Waals surface area contributed by atoms with Crippen LogP contribution in [0.15, 0.2) is 0 Å². The van der Waals surface area contributed by atoms with Gasteiger partial charge < -0.3 is 10.6 Å². The van der Waals surface area contributed by atoms with Crippen molar-refractivity contribution in [2.75, 3.05) is 26.2 Å². The van der Waals surface area contributed by atoms with Crippen molar-refractivity contribution >= 4 is 5.91 Å². The quantitative estimate of drug-likeness (QED) is 0.790. The second kappa shape index (κ2) is 6.02. The summed E-state index contributed by atoms with van der Waals surface area (Å²) in [6, 6.07) is 0.695. The summed E-state index contributed by atoms with van der Waals surface area (Å²) in [4.78, 5) is 17.6. The molecule has 2 heterocycles. The van der Waals surface area contributed by atoms with Gasteiger partial charge in [-0.15, -0.1) is 0 Å². The smallest absolute Gasteiger partial charge is 0.227 e. The van der Waals surface area contributed by atoms with Crippen LogP contribution in [0.2, 0.25) is 0 Å². The molecule has 3 fully saturated rings. The van der Waals surface area contributed by atoms with E-state index in [9.17, 15) is 4.79 Å². The Morgan fingerprint density at radius 2 is 1.90 bits per heavy atom. The zero-order chi connectivity index (χ0) is 14.1. The maximum absolute atomic E-state index is 12.9. The molecule has 1 saturated carbocycles. The summed E-state index contributed by atoms with van der Waals surface area (Å²) in [6.45, 7) is 6.53. The highest BCUT2D eigenvalue weighted by Gasteiger charge is 2.37. The lowest BCUT2D eigenvalue weighted by Gasteiger charge is -2.35. The van der Waals surface area contributed by atoms with Crippen molar-refractivity contribution in [3.8, 4) is 0 Å². The molecular formula is C16H29N3O. The minimum atomic E-state index is 0.0757. The molecule has 3 rings (SSSR count). The Morgan fingerprint density at radius 3 is 2.75 bits per heavy atom. The molecule has 4 atom stereocenters. The van der Waals surface area contributed by atoms with Gasteiger partial charge in [0, 0.05) is 31.7 Å². The fourth-order valence-electron chi connectivity index (χ4n) is 4.33. The molecule has 3 aliphatic rings. The molecule has 0 spiro atoms. The van der Waals surface area contributed by atoms with Gasteiger partial charge in [-0.25, -0.2) is 0 Å². The van der Waals surface area contributed by atoms with E-state index in [1.54, 1.807) is 0 Å². The summed E-state index contributed by atoms with van der Waals surface area (Å²) in [5, 5.41) is 0. The highest BCUT2D eigenvalue weighted by Crippen LogP contribution is 2.30. The molecule has 0 aromatic heterocycles. The van der Waals surface area contributed by atoms with Crippen LogP contribution in [-0.4, -0.2) is 54.0 Å². The van der Waals surface area contributed by atoms with Crippen LogP contribution in [-0.2, 0) is 4.79 Å². The lowest BCUT2D eigenvalue weighted by Crippen LogP contribution is -2.49. The van der Waals surface area contributed by atoms with Gasteiger partial charge in [0.25, 0.3) is 0 Å². The van der Waals surface area contributed by atoms with Crippen molar-refractivity contribution in [1.29, 1.82) is 0 Å². The first-order valence-electron chi connectivity index (χ1n) is 8.43. The molecule has 1 aliphatic carbocycles. The van der Waals surface area contributed by atoms with Crippen LogP contribution in [0.5, 0.6) is 0 Å². The van der Waals surface area contributed by atoms with Crippen molar-refractivity contribution in [3.05, 3.63) is 0 Å². The molecule has 2 saturated heterocycles. The lowest BCUT2D eigenvalue weighted by molar-refractivity contribution is -0.138. The highest BCUT2D eigenvalue weighted by molar-refractivity contribution is 5.79. The van der Waals surface area contributed by atoms with Gasteiger partial charge in [-0.1, -0.05) is 6.92 Å². The molecule has 0 aromatic rings. The number of amides is 1. The van der Waals surface area contributed by atoms with Crippen molar-refractivity contribution in [2.24, 2.45) is 17.6 Å². The molecule has 1 amide bonds. The van der Waals surface area contributed by atoms with Crippen molar-refractivity contribution in [2.45, 2.75) is 57.5 Å². The molecule has 0 radical (unpaired) electrons. The van der Waals surface area contributed by atoms with Crippen LogP contribution < -0.4 is 5.73 Å². The number of hydrogen-bond acceptors (Lipinski definition) is 3. The van der Waals surface area contributed by atoms with Gasteiger partial charge in [0.1, 0.15) is 0 Å². The molecule has 4 unspecified atom stereocenters. The van der Waals surface area contributed by atoms with Crippen LogP contribution in [0, 0.1) is 11.8 Å². The third-order valence-electron chi connectivity index (χ3n) is 5.60. The van der Waals surface area contributed by atoms with Crippen molar-refractivity contribution in [1.82, 2.24) is 9.80 Å². The van der Waals surface area contributed by atoms with E-state index in [1.165, 1.54) is 32.4 Å². The molecule has 4 nitrogen and oxygen atoms in total. The van der Waals surface area contributed by atoms with Gasteiger partial charge >= 0.3 is 0 Å². The second-order valence-electron chi connectivity index (χ2n) is 7.16. The zero-order valence-corrected chi connectivity index (χ0v) is 12.8. The van der Waals surface area contributed by atoms with E-state index in [1.807, 2.05) is 0 Å². The van der Waals surface area contributed by atoms with Crippen LogP contribution >= 0.6 is 0 Å². The second-order valence-corrected chi connectivity index (χ2v) is 7.16. The van der Waals surface area contributed by atoms with Gasteiger partial charge in [0.15, 0.2) is 0 Å². The number of nitrogens with zero attached hydrogens (tertiary/aromatic N) is 2. The van der Waals surface area contributed by atoms with Crippen molar-refractivity contribution < 1.29 is 4.79 Å². The Bertz CT molecular complexity index is 360. The minimum Gasteiger partial charge on any atom is -0.341 e. The summed E-state index contributed by atoms with van der Waals surface area (Å²) >= 11 is 0. The predicted molar refractivity (Wildman–Crippen MR) is 80.3 cm³/mol. The Balaban J connectivity index is 1.66. The van der Waals surface area contributed by atoms with E-state index >= 15 is 0 Å². The number of carbonyl (C=O) groups excluding carboxylic acids is 1. The Labute approximate surface area is 122 Å². The average Bonchev–Trinajstić information content (AvgIpc) is 2.78. The monoisotopic (exact) mass is 279 g/mol. The van der Waals surface area contributed by atoms with Gasteiger partial charge in [-0.2, -0.15) is 0 Å². The Morgan fingerprint density at radius 1 is 1.10 bits per heavy atom. The zero-order valence-electron chi connectivity index (χ0n) is 12.8. The normalized spacial score (nSPS) is 39.4. The van der Waals surface area contributed by atoms with Crippen LogP contribution in [0.3, 0.4) is 0 Å². The van der Waals surface area contributed by atoms with Crippen molar-refractivity contribution in [3.63, 3.8) is 0 Å². The minimum absolute atomic E-state index is 0.0757. The number of rotatable bonds is 1. The highest BCUT2D eigenvalue weighted by atomic mass is 16.2. The van der Waals surface area contributed by atoms with Crippen LogP contribution in [0.4, 0.5) is 0 Å². The van der Waals surface area contributed by atoms with E-state index in [4.69, 9.17) is 5.73 Å². The summed E-state index contributed by atoms with van der Waals surface area (Å²) in [5.41, 5.74) is 6.24. The number of carbonyl (C=O) groups is 1. The molecule has 0 aromatic carbocycles. The third kappa shape index (κ3) is 2.86. The maximum Gasteiger partial charge on any atom is 0.227 e. The Kier molecular flexibility index (Phi) is 4.32. The number of nitrogens with two attached hydrogens (primary N) is 1. The molecule has 114 valence electrons. The SMILES string of the molecule is CC1CCC(N)C(C(=O)N2CCCN3CCCC3C2)C1. The van der Waals surface area contributed by atoms with E-state index in [0.717, 1.165) is 32.4 Å². The Hall–Kier alpha value is -0.610. The molecule has 0 bridgehead atoms. The van der Waals surface area contributed by atoms with Gasteiger partial charge in [-0.3, -0.25) is 9.69 Å². The molecule has 4 heteroatoms. The average molecular weight is 279 g/mol. The first kappa shape index (κ1) is 14.3. The first-order valence-corrected chi connectivity index (χ1v) is 8.43. The first-order chi connectivity index (χ1) is 9.65. The van der Waals surface area contributed by atoms with E-state index in [2.05, 4.69) is 16.7 Å². The number of fused-ring (bicyclic) bond motifs is 1. The lowest BCUT2D eigenvalue weighted by atomic mass is 9.78. The fourth-order valence-corrected chi connectivity index (χ4v) is 4.33. The maximum atomic E-state index is 12.9. The van der Waals surface area contributed by atoms with E-state index in [-0.39, 0.29) is 12.0 Å². The van der Waals surface area contributed by atoms with Crippen LogP contribution in [0.1, 0.15) is 45.4 Å². The summed E-state index contributed by atoms with van der Waals surface area (Å²) in [6.07, 6.45) is 6.87. The number of hydrogen-bond donors (Lipinski definition) is 1. The van der Waals surface area contributed by atoms with Gasteiger partial charge in [0.05, 0.1) is 5.92 Å². The summed E-state index contributed by atoms with van der Waals surface area (Å²) < 4.78 is 0. The fraction of sp³-hybridized carbons (Fsp3) is 0.938. The summed E-state index contributed by atoms with van der Waals surface area (Å²) in [7, 11) is 0. The standard InChI is InChI=1S/C16H29N3O/c1-12-5-6-15(17)14(10-12)16(20)19-9-3-8-18-7-2-4-13(18)11-19/h12-15H,2-11,17H2,1H3. The predicted octanol–water partition coefficient (Wildman–Crippen LogP) is 1.45. The van der Waals surface area contributed by atoms with Gasteiger partial charge in [0.2, 0.25) is 5.91 Å². The van der Waals surface area contributed by atoms with E-state index in [0.29, 0.717) is 17.9 Å². The molecular weight excluding hydrogens is 250 g/mol.